The minimum absolute atomic E-state index is 0.498. The minimum atomic E-state index is -3.28. The van der Waals surface area contributed by atoms with Crippen molar-refractivity contribution in [2.75, 3.05) is 39.3 Å². The summed E-state index contributed by atoms with van der Waals surface area (Å²) < 4.78 is 28.4. The third-order valence-electron chi connectivity index (χ3n) is 3.75. The van der Waals surface area contributed by atoms with Gasteiger partial charge >= 0.3 is 0 Å². The van der Waals surface area contributed by atoms with Crippen LogP contribution in [0.5, 0.6) is 0 Å². The molecule has 19 heavy (non-hydrogen) atoms. The lowest BCUT2D eigenvalue weighted by Gasteiger charge is -2.32. The zero-order valence-corrected chi connectivity index (χ0v) is 13.4. The third kappa shape index (κ3) is 4.70. The van der Waals surface area contributed by atoms with Gasteiger partial charge in [0.15, 0.2) is 0 Å². The molecule has 1 N–H and O–H groups in total. The molecule has 1 heterocycles. The van der Waals surface area contributed by atoms with Gasteiger partial charge in [0.25, 0.3) is 10.2 Å². The number of nitrogens with zero attached hydrogens (tertiary/aromatic N) is 2. The van der Waals surface area contributed by atoms with Crippen LogP contribution in [0, 0.1) is 5.92 Å². The molecule has 0 spiro atoms. The molecule has 0 bridgehead atoms. The molecule has 0 aromatic carbocycles. The Morgan fingerprint density at radius 2 is 1.63 bits per heavy atom. The van der Waals surface area contributed by atoms with Crippen molar-refractivity contribution in [3.63, 3.8) is 0 Å². The van der Waals surface area contributed by atoms with Crippen LogP contribution < -0.4 is 5.32 Å². The van der Waals surface area contributed by atoms with Crippen molar-refractivity contribution in [3.05, 3.63) is 0 Å². The van der Waals surface area contributed by atoms with Crippen LogP contribution in [-0.4, -0.2) is 56.3 Å². The normalized spacial score (nSPS) is 18.4. The van der Waals surface area contributed by atoms with Crippen molar-refractivity contribution in [3.8, 4) is 0 Å². The van der Waals surface area contributed by atoms with Crippen molar-refractivity contribution in [2.24, 2.45) is 5.92 Å². The highest BCUT2D eigenvalue weighted by atomic mass is 32.2. The van der Waals surface area contributed by atoms with E-state index >= 15 is 0 Å². The fourth-order valence-corrected chi connectivity index (χ4v) is 4.41. The maximum atomic E-state index is 12.6. The van der Waals surface area contributed by atoms with E-state index in [1.54, 1.807) is 8.61 Å². The first-order chi connectivity index (χ1) is 9.06. The monoisotopic (exact) mass is 291 g/mol. The van der Waals surface area contributed by atoms with Crippen molar-refractivity contribution in [1.82, 2.24) is 13.9 Å². The molecule has 1 fully saturated rings. The molecule has 0 aromatic heterocycles. The fraction of sp³-hybridized carbons (Fsp3) is 1.00. The Morgan fingerprint density at radius 1 is 1.05 bits per heavy atom. The Morgan fingerprint density at radius 3 is 2.11 bits per heavy atom. The van der Waals surface area contributed by atoms with Gasteiger partial charge < -0.3 is 5.32 Å². The van der Waals surface area contributed by atoms with Gasteiger partial charge in [0.05, 0.1) is 0 Å². The summed E-state index contributed by atoms with van der Waals surface area (Å²) in [4.78, 5) is 0. The maximum Gasteiger partial charge on any atom is 0.281 e. The van der Waals surface area contributed by atoms with Gasteiger partial charge in [-0.3, -0.25) is 0 Å². The number of hydrogen-bond donors (Lipinski definition) is 1. The van der Waals surface area contributed by atoms with E-state index < -0.39 is 10.2 Å². The second-order valence-electron chi connectivity index (χ2n) is 5.14. The molecule has 0 aromatic rings. The number of nitrogens with one attached hydrogen (secondary N) is 1. The summed E-state index contributed by atoms with van der Waals surface area (Å²) in [6.45, 7) is 10.2. The van der Waals surface area contributed by atoms with Crippen LogP contribution >= 0.6 is 0 Å². The first-order valence-electron chi connectivity index (χ1n) is 7.52. The molecule has 0 radical (unpaired) electrons. The Labute approximate surface area is 118 Å². The van der Waals surface area contributed by atoms with E-state index in [0.29, 0.717) is 32.1 Å². The van der Waals surface area contributed by atoms with Gasteiger partial charge in [-0.15, -0.1) is 0 Å². The van der Waals surface area contributed by atoms with Crippen molar-refractivity contribution in [2.45, 2.75) is 40.0 Å². The number of hydrogen-bond acceptors (Lipinski definition) is 3. The summed E-state index contributed by atoms with van der Waals surface area (Å²) in [7, 11) is -3.28. The summed E-state index contributed by atoms with van der Waals surface area (Å²) in [6.07, 6.45) is 3.02. The molecular weight excluding hydrogens is 262 g/mol. The molecule has 0 saturated carbocycles. The first kappa shape index (κ1) is 16.9. The lowest BCUT2D eigenvalue weighted by Crippen LogP contribution is -2.47. The quantitative estimate of drug-likeness (QED) is 0.733. The van der Waals surface area contributed by atoms with E-state index in [9.17, 15) is 8.42 Å². The zero-order chi connectivity index (χ0) is 14.3. The highest BCUT2D eigenvalue weighted by Crippen LogP contribution is 2.18. The molecule has 0 aliphatic carbocycles. The minimum Gasteiger partial charge on any atom is -0.317 e. The highest BCUT2D eigenvalue weighted by Gasteiger charge is 2.29. The highest BCUT2D eigenvalue weighted by molar-refractivity contribution is 7.86. The van der Waals surface area contributed by atoms with Crippen molar-refractivity contribution >= 4 is 10.2 Å². The maximum absolute atomic E-state index is 12.6. The molecule has 1 rings (SSSR count). The van der Waals surface area contributed by atoms with Gasteiger partial charge in [-0.05, 0) is 38.3 Å². The molecule has 114 valence electrons. The van der Waals surface area contributed by atoms with E-state index in [2.05, 4.69) is 5.32 Å². The molecule has 1 aliphatic heterocycles. The largest absolute Gasteiger partial charge is 0.317 e. The molecule has 1 aliphatic rings. The van der Waals surface area contributed by atoms with Crippen LogP contribution in [0.1, 0.15) is 40.0 Å². The lowest BCUT2D eigenvalue weighted by molar-refractivity contribution is 0.271. The van der Waals surface area contributed by atoms with Crippen LogP contribution in [0.4, 0.5) is 0 Å². The van der Waals surface area contributed by atoms with E-state index in [0.717, 1.165) is 32.4 Å². The summed E-state index contributed by atoms with van der Waals surface area (Å²) in [5, 5.41) is 3.33. The molecule has 0 amide bonds. The zero-order valence-electron chi connectivity index (χ0n) is 12.6. The van der Waals surface area contributed by atoms with Gasteiger partial charge in [-0.2, -0.15) is 17.0 Å². The van der Waals surface area contributed by atoms with Crippen LogP contribution in [0.2, 0.25) is 0 Å². The Kier molecular flexibility index (Phi) is 7.28. The standard InChI is InChI=1S/C13H29N3O2S/c1-4-11-16(12-13-7-9-14-10-8-13)19(17,18)15(5-2)6-3/h13-14H,4-12H2,1-3H3. The SMILES string of the molecule is CCCN(CC1CCNCC1)S(=O)(=O)N(CC)CC. The predicted molar refractivity (Wildman–Crippen MR) is 79.3 cm³/mol. The summed E-state index contributed by atoms with van der Waals surface area (Å²) in [6, 6.07) is 0. The van der Waals surface area contributed by atoms with Gasteiger partial charge in [0, 0.05) is 26.2 Å². The van der Waals surface area contributed by atoms with Crippen LogP contribution in [0.15, 0.2) is 0 Å². The molecular formula is C13H29N3O2S. The van der Waals surface area contributed by atoms with Gasteiger partial charge in [0.1, 0.15) is 0 Å². The molecule has 0 atom stereocenters. The average molecular weight is 291 g/mol. The first-order valence-corrected chi connectivity index (χ1v) is 8.91. The van der Waals surface area contributed by atoms with Gasteiger partial charge in [-0.1, -0.05) is 20.8 Å². The number of piperidine rings is 1. The van der Waals surface area contributed by atoms with Gasteiger partial charge in [0.2, 0.25) is 0 Å². The summed E-state index contributed by atoms with van der Waals surface area (Å²) in [5.41, 5.74) is 0. The third-order valence-corrected chi connectivity index (χ3v) is 5.90. The predicted octanol–water partition coefficient (Wildman–Crippen LogP) is 1.28. The average Bonchev–Trinajstić information content (AvgIpc) is 2.40. The molecule has 1 saturated heterocycles. The van der Waals surface area contributed by atoms with Crippen molar-refractivity contribution < 1.29 is 8.42 Å². The van der Waals surface area contributed by atoms with E-state index in [1.807, 2.05) is 20.8 Å². The molecule has 6 heteroatoms. The van der Waals surface area contributed by atoms with E-state index in [1.165, 1.54) is 0 Å². The second kappa shape index (κ2) is 8.19. The summed E-state index contributed by atoms with van der Waals surface area (Å²) >= 11 is 0. The topological polar surface area (TPSA) is 52.7 Å². The molecule has 0 unspecified atom stereocenters. The Bertz CT molecular complexity index is 336. The smallest absolute Gasteiger partial charge is 0.281 e. The van der Waals surface area contributed by atoms with Crippen LogP contribution in [0.3, 0.4) is 0 Å². The van der Waals surface area contributed by atoms with Crippen LogP contribution in [-0.2, 0) is 10.2 Å². The summed E-state index contributed by atoms with van der Waals surface area (Å²) in [5.74, 6) is 0.498. The number of rotatable bonds is 8. The Hall–Kier alpha value is -0.170. The fourth-order valence-electron chi connectivity index (χ4n) is 2.62. The van der Waals surface area contributed by atoms with E-state index in [4.69, 9.17) is 0 Å². The lowest BCUT2D eigenvalue weighted by atomic mass is 9.98. The second-order valence-corrected chi connectivity index (χ2v) is 7.07. The van der Waals surface area contributed by atoms with Crippen molar-refractivity contribution in [1.29, 1.82) is 0 Å². The van der Waals surface area contributed by atoms with Gasteiger partial charge in [-0.25, -0.2) is 0 Å². The Balaban J connectivity index is 2.74. The van der Waals surface area contributed by atoms with Crippen LogP contribution in [0.25, 0.3) is 0 Å². The van der Waals surface area contributed by atoms with E-state index in [-0.39, 0.29) is 0 Å². The molecule has 5 nitrogen and oxygen atoms in total.